The van der Waals surface area contributed by atoms with E-state index in [2.05, 4.69) is 66.7 Å². The molecule has 0 spiro atoms. The highest BCUT2D eigenvalue weighted by Gasteiger charge is 2.16. The lowest BCUT2D eigenvalue weighted by atomic mass is 9.83. The topological polar surface area (TPSA) is 0 Å². The Morgan fingerprint density at radius 3 is 1.89 bits per heavy atom. The number of benzene rings is 2. The van der Waals surface area contributed by atoms with E-state index in [4.69, 9.17) is 0 Å². The van der Waals surface area contributed by atoms with E-state index < -0.39 is 0 Å². The predicted molar refractivity (Wildman–Crippen MR) is 81.6 cm³/mol. The summed E-state index contributed by atoms with van der Waals surface area (Å²) in [6.07, 6.45) is 0. The van der Waals surface area contributed by atoms with Gasteiger partial charge in [-0.15, -0.1) is 0 Å². The van der Waals surface area contributed by atoms with Gasteiger partial charge < -0.3 is 0 Å². The van der Waals surface area contributed by atoms with E-state index in [0.717, 1.165) is 0 Å². The van der Waals surface area contributed by atoms with Crippen LogP contribution in [0.4, 0.5) is 0 Å². The molecule has 0 heteroatoms. The molecule has 0 bridgehead atoms. The molecule has 0 nitrogen and oxygen atoms in total. The Morgan fingerprint density at radius 1 is 0.722 bits per heavy atom. The second-order valence-electron chi connectivity index (χ2n) is 6.58. The van der Waals surface area contributed by atoms with Crippen LogP contribution in [0, 0.1) is 27.7 Å². The van der Waals surface area contributed by atoms with Gasteiger partial charge in [0.05, 0.1) is 0 Å². The van der Waals surface area contributed by atoms with Crippen LogP contribution >= 0.6 is 0 Å². The SMILES string of the molecule is Cc1cc2cc(C(C)(C)C)cc(C)c2c(C)c1C. The Morgan fingerprint density at radius 2 is 1.33 bits per heavy atom. The Balaban J connectivity index is 2.87. The van der Waals surface area contributed by atoms with Gasteiger partial charge in [0, 0.05) is 0 Å². The Labute approximate surface area is 111 Å². The molecule has 2 rings (SSSR count). The second-order valence-corrected chi connectivity index (χ2v) is 6.58. The van der Waals surface area contributed by atoms with Crippen LogP contribution in [-0.2, 0) is 5.41 Å². The van der Waals surface area contributed by atoms with Gasteiger partial charge in [0.15, 0.2) is 0 Å². The maximum absolute atomic E-state index is 2.36. The number of hydrogen-bond donors (Lipinski definition) is 0. The first-order valence-corrected chi connectivity index (χ1v) is 6.73. The molecule has 0 amide bonds. The lowest BCUT2D eigenvalue weighted by Crippen LogP contribution is -2.11. The minimum absolute atomic E-state index is 0.214. The van der Waals surface area contributed by atoms with Crippen LogP contribution in [0.3, 0.4) is 0 Å². The summed E-state index contributed by atoms with van der Waals surface area (Å²) >= 11 is 0. The maximum atomic E-state index is 2.36. The van der Waals surface area contributed by atoms with Crippen LogP contribution < -0.4 is 0 Å². The summed E-state index contributed by atoms with van der Waals surface area (Å²) < 4.78 is 0. The molecule has 0 aliphatic rings. The minimum Gasteiger partial charge on any atom is -0.0561 e. The first-order chi connectivity index (χ1) is 8.21. The normalized spacial score (nSPS) is 12.2. The number of fused-ring (bicyclic) bond motifs is 1. The first kappa shape index (κ1) is 13.1. The van der Waals surface area contributed by atoms with Crippen LogP contribution in [-0.4, -0.2) is 0 Å². The molecule has 0 unspecified atom stereocenters. The van der Waals surface area contributed by atoms with Crippen molar-refractivity contribution in [2.24, 2.45) is 0 Å². The van der Waals surface area contributed by atoms with Gasteiger partial charge in [-0.25, -0.2) is 0 Å². The largest absolute Gasteiger partial charge is 0.0561 e. The van der Waals surface area contributed by atoms with E-state index in [9.17, 15) is 0 Å². The van der Waals surface area contributed by atoms with Gasteiger partial charge in [0.1, 0.15) is 0 Å². The average Bonchev–Trinajstić information content (AvgIpc) is 2.23. The maximum Gasteiger partial charge on any atom is -0.0122 e. The zero-order chi connectivity index (χ0) is 13.7. The third kappa shape index (κ3) is 2.05. The number of rotatable bonds is 0. The van der Waals surface area contributed by atoms with Crippen molar-refractivity contribution in [1.29, 1.82) is 0 Å². The Kier molecular flexibility index (Phi) is 3.01. The third-order valence-corrected chi connectivity index (χ3v) is 4.13. The molecule has 0 saturated heterocycles. The fourth-order valence-corrected chi connectivity index (χ4v) is 2.70. The standard InChI is InChI=1S/C18H24/c1-11-8-15-10-16(18(5,6)7)9-12(2)17(15)14(4)13(11)3/h8-10H,1-7H3. The molecular formula is C18H24. The zero-order valence-electron chi connectivity index (χ0n) is 12.7. The summed E-state index contributed by atoms with van der Waals surface area (Å²) in [6, 6.07) is 7.05. The summed E-state index contributed by atoms with van der Waals surface area (Å²) in [5.41, 5.74) is 7.29. The highest BCUT2D eigenvalue weighted by atomic mass is 14.2. The molecule has 0 radical (unpaired) electrons. The highest BCUT2D eigenvalue weighted by Crippen LogP contribution is 2.32. The molecular weight excluding hydrogens is 216 g/mol. The van der Waals surface area contributed by atoms with E-state index >= 15 is 0 Å². The molecule has 0 N–H and O–H groups in total. The van der Waals surface area contributed by atoms with Gasteiger partial charge in [-0.3, -0.25) is 0 Å². The van der Waals surface area contributed by atoms with E-state index in [-0.39, 0.29) is 5.41 Å². The Hall–Kier alpha value is -1.30. The zero-order valence-corrected chi connectivity index (χ0v) is 12.7. The monoisotopic (exact) mass is 240 g/mol. The smallest absolute Gasteiger partial charge is 0.0122 e. The van der Waals surface area contributed by atoms with Crippen LogP contribution in [0.1, 0.15) is 48.6 Å². The van der Waals surface area contributed by atoms with Crippen LogP contribution in [0.15, 0.2) is 18.2 Å². The second kappa shape index (κ2) is 4.12. The minimum atomic E-state index is 0.214. The van der Waals surface area contributed by atoms with Crippen molar-refractivity contribution in [2.45, 2.75) is 53.9 Å². The molecule has 0 saturated carbocycles. The highest BCUT2D eigenvalue weighted by molar-refractivity contribution is 5.91. The average molecular weight is 240 g/mol. The predicted octanol–water partition coefficient (Wildman–Crippen LogP) is 5.37. The van der Waals surface area contributed by atoms with Gasteiger partial charge in [0.2, 0.25) is 0 Å². The lowest BCUT2D eigenvalue weighted by Gasteiger charge is -2.22. The molecule has 0 fully saturated rings. The molecule has 18 heavy (non-hydrogen) atoms. The summed E-state index contributed by atoms with van der Waals surface area (Å²) in [4.78, 5) is 0. The van der Waals surface area contributed by atoms with Crippen molar-refractivity contribution in [3.63, 3.8) is 0 Å². The number of hydrogen-bond acceptors (Lipinski definition) is 0. The van der Waals surface area contributed by atoms with E-state index in [0.29, 0.717) is 0 Å². The van der Waals surface area contributed by atoms with Crippen molar-refractivity contribution in [2.75, 3.05) is 0 Å². The summed E-state index contributed by atoms with van der Waals surface area (Å²) in [5.74, 6) is 0. The van der Waals surface area contributed by atoms with Crippen LogP contribution in [0.5, 0.6) is 0 Å². The van der Waals surface area contributed by atoms with Gasteiger partial charge in [-0.2, -0.15) is 0 Å². The van der Waals surface area contributed by atoms with Crippen molar-refractivity contribution < 1.29 is 0 Å². The van der Waals surface area contributed by atoms with E-state index in [1.54, 1.807) is 0 Å². The molecule has 2 aromatic carbocycles. The van der Waals surface area contributed by atoms with Crippen LogP contribution in [0.25, 0.3) is 10.8 Å². The summed E-state index contributed by atoms with van der Waals surface area (Å²) in [6.45, 7) is 15.8. The van der Waals surface area contributed by atoms with Crippen molar-refractivity contribution in [3.8, 4) is 0 Å². The Bertz CT molecular complexity index is 610. The number of aryl methyl sites for hydroxylation is 3. The molecule has 0 aromatic heterocycles. The van der Waals surface area contributed by atoms with E-state index in [1.165, 1.54) is 38.6 Å². The van der Waals surface area contributed by atoms with Gasteiger partial charge >= 0.3 is 0 Å². The molecule has 0 heterocycles. The molecule has 0 aliphatic carbocycles. The molecule has 2 aromatic rings. The molecule has 96 valence electrons. The third-order valence-electron chi connectivity index (χ3n) is 4.13. The van der Waals surface area contributed by atoms with Crippen molar-refractivity contribution >= 4 is 10.8 Å². The lowest BCUT2D eigenvalue weighted by molar-refractivity contribution is 0.590. The van der Waals surface area contributed by atoms with Crippen molar-refractivity contribution in [1.82, 2.24) is 0 Å². The molecule has 0 aliphatic heterocycles. The summed E-state index contributed by atoms with van der Waals surface area (Å²) in [7, 11) is 0. The van der Waals surface area contributed by atoms with E-state index in [1.807, 2.05) is 0 Å². The summed E-state index contributed by atoms with van der Waals surface area (Å²) in [5, 5.41) is 2.83. The van der Waals surface area contributed by atoms with Gasteiger partial charge in [0.25, 0.3) is 0 Å². The first-order valence-electron chi connectivity index (χ1n) is 6.73. The fraction of sp³-hybridized carbons (Fsp3) is 0.444. The van der Waals surface area contributed by atoms with Gasteiger partial charge in [-0.1, -0.05) is 39.0 Å². The van der Waals surface area contributed by atoms with Gasteiger partial charge in [-0.05, 0) is 71.7 Å². The molecule has 0 atom stereocenters. The van der Waals surface area contributed by atoms with Crippen LogP contribution in [0.2, 0.25) is 0 Å². The quantitative estimate of drug-likeness (QED) is 0.580. The van der Waals surface area contributed by atoms with Crippen molar-refractivity contribution in [3.05, 3.63) is 46.0 Å². The fourth-order valence-electron chi connectivity index (χ4n) is 2.70.